The molecule has 2 aliphatic heterocycles. The lowest BCUT2D eigenvalue weighted by Crippen LogP contribution is -2.62. The third kappa shape index (κ3) is 3.84. The first-order valence-electron chi connectivity index (χ1n) is 12.5. The number of aromatic nitrogens is 3. The number of rotatable bonds is 7. The van der Waals surface area contributed by atoms with Crippen LogP contribution in [0.1, 0.15) is 67.5 Å². The molecule has 3 heterocycles. The summed E-state index contributed by atoms with van der Waals surface area (Å²) in [5.74, 6) is 1.93. The number of amides is 3. The Morgan fingerprint density at radius 2 is 1.92 bits per heavy atom. The molecule has 3 amide bonds. The van der Waals surface area contributed by atoms with Crippen molar-refractivity contribution in [2.45, 2.75) is 57.0 Å². The van der Waals surface area contributed by atoms with Gasteiger partial charge in [-0.3, -0.25) is 24.4 Å². The monoisotopic (exact) mass is 484 g/mol. The number of hydrogen-bond acceptors (Lipinski definition) is 5. The van der Waals surface area contributed by atoms with E-state index in [4.69, 9.17) is 0 Å². The molecular weight excluding hydrogens is 456 g/mol. The van der Waals surface area contributed by atoms with Crippen molar-refractivity contribution in [2.24, 2.45) is 0 Å². The third-order valence-electron chi connectivity index (χ3n) is 7.42. The van der Waals surface area contributed by atoms with Crippen LogP contribution in [0.2, 0.25) is 0 Å². The number of benzene rings is 2. The van der Waals surface area contributed by atoms with Crippen LogP contribution in [0.15, 0.2) is 48.5 Å². The first-order valence-corrected chi connectivity index (χ1v) is 12.5. The fourth-order valence-corrected chi connectivity index (χ4v) is 5.31. The summed E-state index contributed by atoms with van der Waals surface area (Å²) in [7, 11) is 0. The first-order chi connectivity index (χ1) is 17.4. The molecule has 1 unspecified atom stereocenters. The van der Waals surface area contributed by atoms with Gasteiger partial charge in [-0.05, 0) is 69.0 Å². The van der Waals surface area contributed by atoms with Gasteiger partial charge in [0.15, 0.2) is 5.82 Å². The van der Waals surface area contributed by atoms with Gasteiger partial charge in [-0.2, -0.15) is 5.10 Å². The summed E-state index contributed by atoms with van der Waals surface area (Å²) in [6.45, 7) is 2.34. The van der Waals surface area contributed by atoms with Crippen LogP contribution in [-0.2, 0) is 9.59 Å². The van der Waals surface area contributed by atoms with Crippen molar-refractivity contribution < 1.29 is 14.4 Å². The number of carbonyl (C=O) groups is 3. The van der Waals surface area contributed by atoms with Crippen LogP contribution in [0, 0.1) is 0 Å². The van der Waals surface area contributed by atoms with Gasteiger partial charge in [0, 0.05) is 36.6 Å². The summed E-state index contributed by atoms with van der Waals surface area (Å²) in [5, 5.41) is 10.2. The molecule has 0 bridgehead atoms. The van der Waals surface area contributed by atoms with Crippen molar-refractivity contribution in [3.8, 4) is 11.4 Å². The fraction of sp³-hybridized carbons (Fsp3) is 0.370. The van der Waals surface area contributed by atoms with Crippen LogP contribution in [0.3, 0.4) is 0 Å². The van der Waals surface area contributed by atoms with E-state index < -0.39 is 5.66 Å². The van der Waals surface area contributed by atoms with Crippen LogP contribution in [-0.4, -0.2) is 50.0 Å². The SMILES string of the molecule is CC12CCC(=O)N1c1ccccc1C(=O)N2CCCC(=O)Nc1ccc(-c2n[nH]c(C3CC3)n2)cc1. The van der Waals surface area contributed by atoms with Crippen molar-refractivity contribution in [1.29, 1.82) is 0 Å². The highest BCUT2D eigenvalue weighted by molar-refractivity contribution is 6.10. The molecule has 184 valence electrons. The number of nitrogens with one attached hydrogen (secondary N) is 2. The summed E-state index contributed by atoms with van der Waals surface area (Å²) in [4.78, 5) is 46.7. The molecule has 1 saturated heterocycles. The maximum absolute atomic E-state index is 13.3. The highest BCUT2D eigenvalue weighted by atomic mass is 16.2. The Balaban J connectivity index is 1.07. The Morgan fingerprint density at radius 3 is 2.69 bits per heavy atom. The minimum Gasteiger partial charge on any atom is -0.326 e. The highest BCUT2D eigenvalue weighted by Crippen LogP contribution is 2.44. The molecule has 0 radical (unpaired) electrons. The van der Waals surface area contributed by atoms with Crippen LogP contribution in [0.25, 0.3) is 11.4 Å². The van der Waals surface area contributed by atoms with Crippen molar-refractivity contribution >= 4 is 29.1 Å². The van der Waals surface area contributed by atoms with E-state index in [0.29, 0.717) is 54.5 Å². The zero-order valence-corrected chi connectivity index (χ0v) is 20.2. The molecule has 3 aliphatic rings. The molecule has 2 N–H and O–H groups in total. The van der Waals surface area contributed by atoms with Gasteiger partial charge in [-0.25, -0.2) is 4.98 Å². The molecule has 9 nitrogen and oxygen atoms in total. The average Bonchev–Trinajstić information content (AvgIpc) is 3.53. The van der Waals surface area contributed by atoms with Crippen molar-refractivity contribution in [3.05, 3.63) is 59.9 Å². The van der Waals surface area contributed by atoms with Gasteiger partial charge < -0.3 is 10.2 Å². The lowest BCUT2D eigenvalue weighted by atomic mass is 9.98. The van der Waals surface area contributed by atoms with Crippen LogP contribution in [0.5, 0.6) is 0 Å². The lowest BCUT2D eigenvalue weighted by molar-refractivity contribution is -0.118. The minimum absolute atomic E-state index is 0.0254. The zero-order valence-electron chi connectivity index (χ0n) is 20.2. The molecule has 36 heavy (non-hydrogen) atoms. The number of hydrogen-bond donors (Lipinski definition) is 2. The predicted molar refractivity (Wildman–Crippen MR) is 134 cm³/mol. The molecule has 1 aromatic heterocycles. The molecule has 2 fully saturated rings. The van der Waals surface area contributed by atoms with E-state index in [1.54, 1.807) is 15.9 Å². The number of H-pyrrole nitrogens is 1. The number of para-hydroxylation sites is 1. The van der Waals surface area contributed by atoms with Gasteiger partial charge in [0.25, 0.3) is 5.91 Å². The molecule has 0 spiro atoms. The lowest BCUT2D eigenvalue weighted by Gasteiger charge is -2.48. The molecule has 2 aromatic carbocycles. The van der Waals surface area contributed by atoms with Crippen molar-refractivity contribution in [1.82, 2.24) is 20.1 Å². The largest absolute Gasteiger partial charge is 0.326 e. The predicted octanol–water partition coefficient (Wildman–Crippen LogP) is 4.07. The normalized spacial score (nSPS) is 20.9. The third-order valence-corrected chi connectivity index (χ3v) is 7.42. The fourth-order valence-electron chi connectivity index (χ4n) is 5.31. The average molecular weight is 485 g/mol. The van der Waals surface area contributed by atoms with E-state index in [-0.39, 0.29) is 24.1 Å². The standard InChI is InChI=1S/C27H28N6O3/c1-27-15-14-23(35)33(27)21-6-3-2-5-20(21)26(36)32(27)16-4-7-22(34)28-19-12-10-18(11-13-19)25-29-24(30-31-25)17-8-9-17/h2-3,5-6,10-13,17H,4,7-9,14-16H2,1H3,(H,28,34)(H,29,30,31). The summed E-state index contributed by atoms with van der Waals surface area (Å²) in [6.07, 6.45) is 4.07. The summed E-state index contributed by atoms with van der Waals surface area (Å²) in [6, 6.07) is 14.7. The molecule has 6 rings (SSSR count). The quantitative estimate of drug-likeness (QED) is 0.525. The number of aromatic amines is 1. The Morgan fingerprint density at radius 1 is 1.14 bits per heavy atom. The Kier molecular flexibility index (Phi) is 5.35. The first kappa shape index (κ1) is 22.5. The van der Waals surface area contributed by atoms with Crippen LogP contribution >= 0.6 is 0 Å². The van der Waals surface area contributed by atoms with Crippen LogP contribution in [0.4, 0.5) is 11.4 Å². The molecule has 9 heteroatoms. The number of anilines is 2. The van der Waals surface area contributed by atoms with Gasteiger partial charge in [-0.1, -0.05) is 12.1 Å². The van der Waals surface area contributed by atoms with Crippen molar-refractivity contribution in [2.75, 3.05) is 16.8 Å². The Hall–Kier alpha value is -4.01. The summed E-state index contributed by atoms with van der Waals surface area (Å²) in [5.41, 5.74) is 2.10. The van der Waals surface area contributed by atoms with E-state index in [0.717, 1.165) is 24.2 Å². The molecule has 1 saturated carbocycles. The second-order valence-corrected chi connectivity index (χ2v) is 9.97. The minimum atomic E-state index is -0.700. The van der Waals surface area contributed by atoms with E-state index in [9.17, 15) is 14.4 Å². The van der Waals surface area contributed by atoms with Crippen LogP contribution < -0.4 is 10.2 Å². The number of carbonyl (C=O) groups excluding carboxylic acids is 3. The molecule has 1 aliphatic carbocycles. The van der Waals surface area contributed by atoms with Gasteiger partial charge in [-0.15, -0.1) is 0 Å². The van der Waals surface area contributed by atoms with Crippen molar-refractivity contribution in [3.63, 3.8) is 0 Å². The number of nitrogens with zero attached hydrogens (tertiary/aromatic N) is 4. The molecule has 3 aromatic rings. The maximum Gasteiger partial charge on any atom is 0.257 e. The molecular formula is C27H28N6O3. The number of fused-ring (bicyclic) bond motifs is 3. The van der Waals surface area contributed by atoms with E-state index in [1.807, 2.05) is 49.4 Å². The summed E-state index contributed by atoms with van der Waals surface area (Å²) >= 11 is 0. The Bertz CT molecular complexity index is 1350. The van der Waals surface area contributed by atoms with Gasteiger partial charge in [0.05, 0.1) is 11.3 Å². The van der Waals surface area contributed by atoms with Gasteiger partial charge in [0.1, 0.15) is 11.5 Å². The second kappa shape index (κ2) is 8.58. The maximum atomic E-state index is 13.3. The zero-order chi connectivity index (χ0) is 24.9. The van der Waals surface area contributed by atoms with E-state index >= 15 is 0 Å². The smallest absolute Gasteiger partial charge is 0.257 e. The van der Waals surface area contributed by atoms with E-state index in [2.05, 4.69) is 20.5 Å². The highest BCUT2D eigenvalue weighted by Gasteiger charge is 2.52. The topological polar surface area (TPSA) is 111 Å². The summed E-state index contributed by atoms with van der Waals surface area (Å²) < 4.78 is 0. The Labute approximate surface area is 208 Å². The van der Waals surface area contributed by atoms with Gasteiger partial charge >= 0.3 is 0 Å². The van der Waals surface area contributed by atoms with E-state index in [1.165, 1.54) is 0 Å². The molecule has 1 atom stereocenters. The second-order valence-electron chi connectivity index (χ2n) is 9.97. The van der Waals surface area contributed by atoms with Gasteiger partial charge in [0.2, 0.25) is 11.8 Å².